The van der Waals surface area contributed by atoms with Crippen molar-refractivity contribution in [3.8, 4) is 5.75 Å². The average Bonchev–Trinajstić information content (AvgIpc) is 2.90. The number of alkyl carbamates (subject to hydrolysis) is 1. The second kappa shape index (κ2) is 15.1. The molecule has 38 heavy (non-hydrogen) atoms. The Morgan fingerprint density at radius 3 is 2.66 bits per heavy atom. The number of allylic oxidation sites excluding steroid dienone is 1. The highest BCUT2D eigenvalue weighted by molar-refractivity contribution is 14.1. The molecule has 1 aliphatic heterocycles. The molecule has 2 aromatic rings. The summed E-state index contributed by atoms with van der Waals surface area (Å²) in [5.41, 5.74) is 2.97. The topological polar surface area (TPSA) is 66.9 Å². The lowest BCUT2D eigenvalue weighted by atomic mass is 9.91. The molecule has 0 radical (unpaired) electrons. The summed E-state index contributed by atoms with van der Waals surface area (Å²) in [5.74, 6) is 1.16. The van der Waals surface area contributed by atoms with Gasteiger partial charge < -0.3 is 19.7 Å². The Morgan fingerprint density at radius 2 is 2.03 bits per heavy atom. The first kappa shape index (κ1) is 30.8. The molecule has 208 valence electrons. The zero-order chi connectivity index (χ0) is 27.7. The van der Waals surface area contributed by atoms with Crippen LogP contribution >= 0.6 is 45.8 Å². The molecule has 0 saturated carbocycles. The number of aromatic nitrogens is 1. The second-order valence-electron chi connectivity index (χ2n) is 9.43. The van der Waals surface area contributed by atoms with E-state index < -0.39 is 6.09 Å². The molecule has 0 aliphatic carbocycles. The Morgan fingerprint density at radius 1 is 1.29 bits per heavy atom. The molecule has 7 nitrogen and oxygen atoms in total. The molecular formula is C28H37Cl2IN4O3. The first-order chi connectivity index (χ1) is 18.2. The normalized spacial score (nSPS) is 16.3. The number of nitrogens with zero attached hydrogens (tertiary/aromatic N) is 3. The molecule has 0 unspecified atom stereocenters. The van der Waals surface area contributed by atoms with E-state index in [1.54, 1.807) is 13.0 Å². The lowest BCUT2D eigenvalue weighted by molar-refractivity contribution is 0.146. The van der Waals surface area contributed by atoms with Crippen LogP contribution < -0.4 is 10.1 Å². The van der Waals surface area contributed by atoms with Gasteiger partial charge in [-0.25, -0.2) is 4.79 Å². The molecule has 1 aromatic heterocycles. The highest BCUT2D eigenvalue weighted by Gasteiger charge is 2.29. The number of benzene rings is 1. The Hall–Kier alpha value is -1.75. The molecule has 1 N–H and O–H groups in total. The number of hydrogen-bond donors (Lipinski definition) is 1. The highest BCUT2D eigenvalue weighted by Crippen LogP contribution is 2.35. The van der Waals surface area contributed by atoms with Crippen molar-refractivity contribution in [2.75, 3.05) is 40.4 Å². The van der Waals surface area contributed by atoms with Crippen LogP contribution in [0.15, 0.2) is 48.3 Å². The van der Waals surface area contributed by atoms with Crippen molar-refractivity contribution in [1.29, 1.82) is 0 Å². The summed E-state index contributed by atoms with van der Waals surface area (Å²) in [6, 6.07) is 9.10. The molecule has 1 saturated heterocycles. The summed E-state index contributed by atoms with van der Waals surface area (Å²) in [6.07, 6.45) is 5.85. The summed E-state index contributed by atoms with van der Waals surface area (Å²) in [7, 11) is 4.09. The maximum absolute atomic E-state index is 12.5. The number of nitrogens with one attached hydrogen (secondary N) is 1. The summed E-state index contributed by atoms with van der Waals surface area (Å²) in [5, 5.41) is 4.20. The van der Waals surface area contributed by atoms with E-state index in [0.29, 0.717) is 35.6 Å². The van der Waals surface area contributed by atoms with Gasteiger partial charge in [-0.15, -0.1) is 0 Å². The van der Waals surface area contributed by atoms with Crippen molar-refractivity contribution in [2.45, 2.75) is 49.1 Å². The fraction of sp³-hybridized carbons (Fsp3) is 0.500. The van der Waals surface area contributed by atoms with Crippen LogP contribution in [0.25, 0.3) is 0 Å². The first-order valence-electron chi connectivity index (χ1n) is 12.9. The SMILES string of the molecule is C/C=C(\[C@@H](Cc1ccc(Cl)cc1Cl)NC(=O)OCC)N1CCC(c2ncccc2OC[C@@H](I)N(C)C)CC1. The fourth-order valence-electron chi connectivity index (χ4n) is 4.61. The number of hydrogen-bond acceptors (Lipinski definition) is 6. The summed E-state index contributed by atoms with van der Waals surface area (Å²) in [4.78, 5) is 21.6. The smallest absolute Gasteiger partial charge is 0.407 e. The fourth-order valence-corrected chi connectivity index (χ4v) is 5.27. The second-order valence-corrected chi connectivity index (χ2v) is 11.7. The number of halogens is 3. The minimum atomic E-state index is -0.446. The molecule has 3 rings (SSSR count). The van der Waals surface area contributed by atoms with Crippen LogP contribution in [0.1, 0.15) is 43.9 Å². The van der Waals surface area contributed by atoms with Crippen LogP contribution in [0.5, 0.6) is 5.75 Å². The van der Waals surface area contributed by atoms with Gasteiger partial charge in [0, 0.05) is 40.9 Å². The molecule has 1 fully saturated rings. The van der Waals surface area contributed by atoms with Gasteiger partial charge in [0.15, 0.2) is 0 Å². The number of likely N-dealkylation sites (tertiary alicyclic amines) is 1. The van der Waals surface area contributed by atoms with Gasteiger partial charge in [-0.3, -0.25) is 9.88 Å². The van der Waals surface area contributed by atoms with E-state index >= 15 is 0 Å². The maximum atomic E-state index is 12.5. The Kier molecular flexibility index (Phi) is 12.3. The number of piperidine rings is 1. The number of likely N-dealkylation sites (N-methyl/N-ethyl adjacent to an activating group) is 1. The number of ether oxygens (including phenoxy) is 2. The van der Waals surface area contributed by atoms with Crippen molar-refractivity contribution in [3.63, 3.8) is 0 Å². The lowest BCUT2D eigenvalue weighted by Gasteiger charge is -2.38. The predicted octanol–water partition coefficient (Wildman–Crippen LogP) is 6.53. The van der Waals surface area contributed by atoms with E-state index in [1.165, 1.54) is 0 Å². The lowest BCUT2D eigenvalue weighted by Crippen LogP contribution is -2.45. The average molecular weight is 675 g/mol. The van der Waals surface area contributed by atoms with Crippen LogP contribution in [0.4, 0.5) is 4.79 Å². The Bertz CT molecular complexity index is 1090. The molecule has 0 bridgehead atoms. The van der Waals surface area contributed by atoms with Gasteiger partial charge in [0.25, 0.3) is 0 Å². The van der Waals surface area contributed by atoms with Crippen molar-refractivity contribution in [1.82, 2.24) is 20.1 Å². The van der Waals surface area contributed by atoms with Crippen LogP contribution in [0.2, 0.25) is 10.0 Å². The summed E-state index contributed by atoms with van der Waals surface area (Å²) >= 11 is 15.0. The highest BCUT2D eigenvalue weighted by atomic mass is 127. The first-order valence-corrected chi connectivity index (χ1v) is 14.9. The van der Waals surface area contributed by atoms with Crippen LogP contribution in [-0.2, 0) is 11.2 Å². The van der Waals surface area contributed by atoms with Gasteiger partial charge in [-0.2, -0.15) is 0 Å². The number of carbonyl (C=O) groups excluding carboxylic acids is 1. The number of amides is 1. The number of rotatable bonds is 11. The Labute approximate surface area is 250 Å². The van der Waals surface area contributed by atoms with Gasteiger partial charge in [-0.05, 0) is 77.0 Å². The van der Waals surface area contributed by atoms with Gasteiger partial charge >= 0.3 is 6.09 Å². The number of pyridine rings is 1. The van der Waals surface area contributed by atoms with Crippen molar-refractivity contribution < 1.29 is 14.3 Å². The van der Waals surface area contributed by atoms with Gasteiger partial charge in [-0.1, -0.05) is 57.9 Å². The van der Waals surface area contributed by atoms with Gasteiger partial charge in [0.1, 0.15) is 12.4 Å². The van der Waals surface area contributed by atoms with E-state index in [0.717, 1.165) is 48.6 Å². The van der Waals surface area contributed by atoms with E-state index in [4.69, 9.17) is 37.7 Å². The van der Waals surface area contributed by atoms with E-state index in [9.17, 15) is 4.79 Å². The standard InChI is InChI=1S/C28H37Cl2IN4O3/c1-5-24(23(33-28(36)37-6-2)16-20-9-10-21(29)17-22(20)30)35-14-11-19(12-15-35)27-25(8-7-13-32-27)38-18-26(31)34(3)4/h5,7-10,13,17,19,23,26H,6,11-12,14-16,18H2,1-4H3,(H,33,36)/b24-5+/t23-,26+/m1/s1. The molecule has 0 spiro atoms. The van der Waals surface area contributed by atoms with Gasteiger partial charge in [0.2, 0.25) is 0 Å². The third-order valence-electron chi connectivity index (χ3n) is 6.64. The molecule has 1 aromatic carbocycles. The summed E-state index contributed by atoms with van der Waals surface area (Å²) < 4.78 is 11.7. The van der Waals surface area contributed by atoms with Crippen molar-refractivity contribution in [3.05, 3.63) is 69.6 Å². The van der Waals surface area contributed by atoms with Crippen molar-refractivity contribution >= 4 is 51.9 Å². The van der Waals surface area contributed by atoms with E-state index in [2.05, 4.69) is 43.8 Å². The van der Waals surface area contributed by atoms with E-state index in [1.807, 2.05) is 51.5 Å². The van der Waals surface area contributed by atoms with Gasteiger partial charge in [0.05, 0.1) is 22.4 Å². The van der Waals surface area contributed by atoms with E-state index in [-0.39, 0.29) is 10.1 Å². The largest absolute Gasteiger partial charge is 0.489 e. The quantitative estimate of drug-likeness (QED) is 0.166. The van der Waals surface area contributed by atoms with Crippen LogP contribution in [0, 0.1) is 0 Å². The molecule has 2 atom stereocenters. The summed E-state index contributed by atoms with van der Waals surface area (Å²) in [6.45, 7) is 6.37. The zero-order valence-electron chi connectivity index (χ0n) is 22.4. The monoisotopic (exact) mass is 674 g/mol. The zero-order valence-corrected chi connectivity index (χ0v) is 26.1. The Balaban J connectivity index is 1.73. The molecule has 10 heteroatoms. The molecule has 1 amide bonds. The maximum Gasteiger partial charge on any atom is 0.407 e. The van der Waals surface area contributed by atoms with Crippen LogP contribution in [0.3, 0.4) is 0 Å². The minimum absolute atomic E-state index is 0.276. The molecule has 1 aliphatic rings. The molecular weight excluding hydrogens is 638 g/mol. The number of carbonyl (C=O) groups is 1. The number of alkyl halides is 1. The predicted molar refractivity (Wildman–Crippen MR) is 163 cm³/mol. The van der Waals surface area contributed by atoms with Crippen LogP contribution in [-0.4, -0.2) is 71.4 Å². The van der Waals surface area contributed by atoms with Crippen molar-refractivity contribution in [2.24, 2.45) is 0 Å². The minimum Gasteiger partial charge on any atom is -0.489 e. The third-order valence-corrected chi connectivity index (χ3v) is 8.70. The molecule has 2 heterocycles. The third kappa shape index (κ3) is 8.63.